The van der Waals surface area contributed by atoms with Crippen LogP contribution in [0.15, 0.2) is 114 Å². The van der Waals surface area contributed by atoms with Crippen LogP contribution in [0.2, 0.25) is 10.0 Å². The van der Waals surface area contributed by atoms with Crippen molar-refractivity contribution in [3.63, 3.8) is 0 Å². The Balaban J connectivity index is 0.957. The maximum atomic E-state index is 6.19. The fourth-order valence-electron chi connectivity index (χ4n) is 5.67. The molecule has 1 saturated heterocycles. The maximum absolute atomic E-state index is 6.19. The highest BCUT2D eigenvalue weighted by Crippen LogP contribution is 2.27. The van der Waals surface area contributed by atoms with Crippen molar-refractivity contribution in [3.8, 4) is 22.7 Å². The van der Waals surface area contributed by atoms with Crippen molar-refractivity contribution in [2.24, 2.45) is 4.99 Å². The molecule has 6 rings (SSSR count). The molecule has 5 aromatic rings. The summed E-state index contributed by atoms with van der Waals surface area (Å²) in [5.74, 6) is 0.900. The number of hydrogen-bond acceptors (Lipinski definition) is 5. The molecule has 0 radical (unpaired) electrons. The standard InChI is InChI=1S/C37H38Cl2N4OS/c38-34-18-13-28(25-35(34)39)26-42-22-19-30(20-23-42)40-21-7-8-24-44-33-16-14-29(15-17-33)36-27-45-37(41-31-9-3-1-4-10-31)43(36)32-11-5-2-6-12-32/h1-6,9-18,25,27,30,40H,7-8,19-24,26H2. The monoisotopic (exact) mass is 656 g/mol. The molecule has 45 heavy (non-hydrogen) atoms. The third-order valence-corrected chi connectivity index (χ3v) is 9.67. The summed E-state index contributed by atoms with van der Waals surface area (Å²) in [6.07, 6.45) is 4.45. The molecule has 5 nitrogen and oxygen atoms in total. The molecule has 0 aliphatic carbocycles. The van der Waals surface area contributed by atoms with E-state index in [0.29, 0.717) is 22.7 Å². The van der Waals surface area contributed by atoms with Gasteiger partial charge in [0.1, 0.15) is 5.75 Å². The zero-order valence-electron chi connectivity index (χ0n) is 25.2. The minimum Gasteiger partial charge on any atom is -0.494 e. The average Bonchev–Trinajstić information content (AvgIpc) is 3.49. The van der Waals surface area contributed by atoms with Gasteiger partial charge in [0.25, 0.3) is 0 Å². The molecule has 8 heteroatoms. The molecule has 4 aromatic carbocycles. The van der Waals surface area contributed by atoms with Crippen molar-refractivity contribution in [1.29, 1.82) is 0 Å². The number of halogens is 2. The maximum Gasteiger partial charge on any atom is 0.195 e. The quantitative estimate of drug-likeness (QED) is 0.136. The summed E-state index contributed by atoms with van der Waals surface area (Å²) in [5.41, 5.74) is 5.49. The largest absolute Gasteiger partial charge is 0.494 e. The van der Waals surface area contributed by atoms with Crippen LogP contribution in [0.25, 0.3) is 16.9 Å². The van der Waals surface area contributed by atoms with E-state index in [1.54, 1.807) is 11.3 Å². The van der Waals surface area contributed by atoms with Gasteiger partial charge in [-0.3, -0.25) is 9.47 Å². The van der Waals surface area contributed by atoms with Crippen molar-refractivity contribution < 1.29 is 4.74 Å². The van der Waals surface area contributed by atoms with E-state index in [4.69, 9.17) is 32.9 Å². The molecule has 0 spiro atoms. The zero-order valence-corrected chi connectivity index (χ0v) is 27.6. The third kappa shape index (κ3) is 8.66. The van der Waals surface area contributed by atoms with Gasteiger partial charge in [-0.05, 0) is 117 Å². The minimum absolute atomic E-state index is 0.584. The number of hydrogen-bond donors (Lipinski definition) is 1. The van der Waals surface area contributed by atoms with Crippen LogP contribution in [-0.4, -0.2) is 41.8 Å². The van der Waals surface area contributed by atoms with Crippen molar-refractivity contribution in [2.75, 3.05) is 26.2 Å². The third-order valence-electron chi connectivity index (χ3n) is 8.10. The van der Waals surface area contributed by atoms with Crippen LogP contribution in [0.3, 0.4) is 0 Å². The van der Waals surface area contributed by atoms with E-state index in [-0.39, 0.29) is 0 Å². The molecule has 1 fully saturated rings. The second-order valence-electron chi connectivity index (χ2n) is 11.4. The van der Waals surface area contributed by atoms with E-state index in [2.05, 4.69) is 74.8 Å². The van der Waals surface area contributed by atoms with E-state index in [9.17, 15) is 0 Å². The molecule has 0 bridgehead atoms. The lowest BCUT2D eigenvalue weighted by Crippen LogP contribution is -2.42. The van der Waals surface area contributed by atoms with Crippen molar-refractivity contribution in [1.82, 2.24) is 14.8 Å². The van der Waals surface area contributed by atoms with Crippen LogP contribution >= 0.6 is 34.5 Å². The molecule has 0 saturated carbocycles. The molecule has 0 atom stereocenters. The van der Waals surface area contributed by atoms with Gasteiger partial charge in [0, 0.05) is 23.7 Å². The van der Waals surface area contributed by atoms with Gasteiger partial charge < -0.3 is 10.1 Å². The van der Waals surface area contributed by atoms with Gasteiger partial charge in [0.2, 0.25) is 0 Å². The number of aromatic nitrogens is 1. The number of likely N-dealkylation sites (tertiary alicyclic amines) is 1. The number of rotatable bonds is 12. The predicted octanol–water partition coefficient (Wildman–Crippen LogP) is 9.16. The van der Waals surface area contributed by atoms with Gasteiger partial charge in [0.05, 0.1) is 28.0 Å². The predicted molar refractivity (Wildman–Crippen MR) is 188 cm³/mol. The number of nitrogens with one attached hydrogen (secondary N) is 1. The van der Waals surface area contributed by atoms with Crippen LogP contribution in [0.5, 0.6) is 5.75 Å². The molecule has 1 aromatic heterocycles. The fraction of sp³-hybridized carbons (Fsp3) is 0.270. The SMILES string of the molecule is Clc1ccc(CN2CCC(NCCCCOc3ccc(-c4csc(=Nc5ccccc5)n4-c4ccccc4)cc3)CC2)cc1Cl. The summed E-state index contributed by atoms with van der Waals surface area (Å²) < 4.78 is 8.32. The van der Waals surface area contributed by atoms with Crippen molar-refractivity contribution in [3.05, 3.63) is 129 Å². The van der Waals surface area contributed by atoms with Gasteiger partial charge in [-0.1, -0.05) is 65.7 Å². The lowest BCUT2D eigenvalue weighted by molar-refractivity contribution is 0.190. The molecule has 232 valence electrons. The van der Waals surface area contributed by atoms with E-state index >= 15 is 0 Å². The van der Waals surface area contributed by atoms with Crippen LogP contribution < -0.4 is 14.9 Å². The first-order chi connectivity index (χ1) is 22.1. The van der Waals surface area contributed by atoms with Gasteiger partial charge in [-0.25, -0.2) is 4.99 Å². The summed E-state index contributed by atoms with van der Waals surface area (Å²) in [4.78, 5) is 8.37. The van der Waals surface area contributed by atoms with Gasteiger partial charge in [-0.2, -0.15) is 0 Å². The minimum atomic E-state index is 0.584. The molecular weight excluding hydrogens is 619 g/mol. The number of nitrogens with zero attached hydrogens (tertiary/aromatic N) is 3. The summed E-state index contributed by atoms with van der Waals surface area (Å²) in [6, 6.07) is 35.4. The van der Waals surface area contributed by atoms with E-state index in [0.717, 1.165) is 72.2 Å². The number of para-hydroxylation sites is 2. The van der Waals surface area contributed by atoms with Gasteiger partial charge >= 0.3 is 0 Å². The Labute approximate surface area is 279 Å². The van der Waals surface area contributed by atoms with Crippen molar-refractivity contribution in [2.45, 2.75) is 38.3 Å². The highest BCUT2D eigenvalue weighted by Gasteiger charge is 2.19. The number of thiazole rings is 1. The average molecular weight is 658 g/mol. The normalized spacial score (nSPS) is 14.6. The Kier molecular flexibility index (Phi) is 11.1. The van der Waals surface area contributed by atoms with Crippen LogP contribution in [0, 0.1) is 0 Å². The van der Waals surface area contributed by atoms with Crippen LogP contribution in [0.1, 0.15) is 31.2 Å². The topological polar surface area (TPSA) is 41.8 Å². The number of piperidine rings is 1. The molecule has 1 N–H and O–H groups in total. The van der Waals surface area contributed by atoms with E-state index in [1.165, 1.54) is 18.4 Å². The van der Waals surface area contributed by atoms with Gasteiger partial charge in [-0.15, -0.1) is 11.3 Å². The Hall–Kier alpha value is -3.39. The summed E-state index contributed by atoms with van der Waals surface area (Å²) in [5, 5.41) is 7.18. The molecule has 0 amide bonds. The molecule has 1 aliphatic heterocycles. The Bertz CT molecular complexity index is 1710. The van der Waals surface area contributed by atoms with Crippen LogP contribution in [0.4, 0.5) is 5.69 Å². The summed E-state index contributed by atoms with van der Waals surface area (Å²) >= 11 is 13.9. The molecule has 2 heterocycles. The highest BCUT2D eigenvalue weighted by molar-refractivity contribution is 7.07. The Morgan fingerprint density at radius 2 is 1.56 bits per heavy atom. The molecular formula is C37H38Cl2N4OS. The first-order valence-electron chi connectivity index (χ1n) is 15.6. The van der Waals surface area contributed by atoms with Crippen LogP contribution in [-0.2, 0) is 6.54 Å². The number of benzene rings is 4. The van der Waals surface area contributed by atoms with E-state index < -0.39 is 0 Å². The summed E-state index contributed by atoms with van der Waals surface area (Å²) in [6.45, 7) is 4.85. The highest BCUT2D eigenvalue weighted by atomic mass is 35.5. The zero-order chi connectivity index (χ0) is 30.8. The lowest BCUT2D eigenvalue weighted by Gasteiger charge is -2.32. The van der Waals surface area contributed by atoms with E-state index in [1.807, 2.05) is 48.5 Å². The Morgan fingerprint density at radius 1 is 0.822 bits per heavy atom. The Morgan fingerprint density at radius 3 is 2.29 bits per heavy atom. The second kappa shape index (κ2) is 15.7. The van der Waals surface area contributed by atoms with Gasteiger partial charge in [0.15, 0.2) is 4.80 Å². The first-order valence-corrected chi connectivity index (χ1v) is 17.2. The fourth-order valence-corrected chi connectivity index (χ4v) is 6.91. The molecule has 0 unspecified atom stereocenters. The lowest BCUT2D eigenvalue weighted by atomic mass is 10.0. The summed E-state index contributed by atoms with van der Waals surface area (Å²) in [7, 11) is 0. The smallest absolute Gasteiger partial charge is 0.195 e. The van der Waals surface area contributed by atoms with Crippen molar-refractivity contribution >= 4 is 40.2 Å². The second-order valence-corrected chi connectivity index (χ2v) is 13.0. The first kappa shape index (κ1) is 31.6. The molecule has 1 aliphatic rings. The number of unbranched alkanes of at least 4 members (excludes halogenated alkanes) is 1. The number of ether oxygens (including phenoxy) is 1.